The van der Waals surface area contributed by atoms with Crippen LogP contribution in [0.15, 0.2) is 12.2 Å². The molecule has 2 aliphatic carbocycles. The first-order chi connectivity index (χ1) is 9.74. The van der Waals surface area contributed by atoms with Gasteiger partial charge in [-0.1, -0.05) is 38.5 Å². The third-order valence-corrected chi connectivity index (χ3v) is 4.29. The predicted octanol–water partition coefficient (Wildman–Crippen LogP) is 2.44. The summed E-state index contributed by atoms with van der Waals surface area (Å²) in [6.07, 6.45) is 14.3. The average Bonchev–Trinajstić information content (AvgIpc) is 2.47. The zero-order valence-electron chi connectivity index (χ0n) is 12.2. The molecule has 2 rings (SSSR count). The van der Waals surface area contributed by atoms with Crippen molar-refractivity contribution in [3.05, 3.63) is 12.2 Å². The third kappa shape index (κ3) is 5.35. The fourth-order valence-corrected chi connectivity index (χ4v) is 3.14. The lowest BCUT2D eigenvalue weighted by Crippen LogP contribution is -2.36. The number of hydrogen-bond acceptors (Lipinski definition) is 2. The molecule has 0 radical (unpaired) electrons. The van der Waals surface area contributed by atoms with Gasteiger partial charge in [-0.15, -0.1) is 0 Å². The highest BCUT2D eigenvalue weighted by atomic mass is 16.2. The monoisotopic (exact) mass is 278 g/mol. The van der Waals surface area contributed by atoms with Crippen molar-refractivity contribution in [2.24, 2.45) is 0 Å². The molecule has 0 aliphatic heterocycles. The van der Waals surface area contributed by atoms with Gasteiger partial charge in [-0.25, -0.2) is 0 Å². The third-order valence-electron chi connectivity index (χ3n) is 4.29. The van der Waals surface area contributed by atoms with Gasteiger partial charge in [0.25, 0.3) is 0 Å². The lowest BCUT2D eigenvalue weighted by atomic mass is 9.95. The summed E-state index contributed by atoms with van der Waals surface area (Å²) in [6, 6.07) is 0.588. The Bertz CT molecular complexity index is 319. The average molecular weight is 278 g/mol. The molecule has 0 aromatic rings. The van der Waals surface area contributed by atoms with Gasteiger partial charge in [-0.3, -0.25) is 9.59 Å². The Morgan fingerprint density at radius 2 is 1.00 bits per heavy atom. The van der Waals surface area contributed by atoms with Gasteiger partial charge in [0.1, 0.15) is 0 Å². The summed E-state index contributed by atoms with van der Waals surface area (Å²) in [5, 5.41) is 5.94. The van der Waals surface area contributed by atoms with Gasteiger partial charge in [0.2, 0.25) is 11.8 Å². The summed E-state index contributed by atoms with van der Waals surface area (Å²) < 4.78 is 0. The molecule has 0 heterocycles. The van der Waals surface area contributed by atoms with Crippen LogP contribution in [0.3, 0.4) is 0 Å². The van der Waals surface area contributed by atoms with Crippen molar-refractivity contribution >= 4 is 11.8 Å². The van der Waals surface area contributed by atoms with E-state index in [1.807, 2.05) is 0 Å². The minimum Gasteiger partial charge on any atom is -0.350 e. The molecule has 2 fully saturated rings. The molecule has 20 heavy (non-hydrogen) atoms. The second-order valence-electron chi connectivity index (χ2n) is 6.02. The lowest BCUT2D eigenvalue weighted by Gasteiger charge is -2.22. The quantitative estimate of drug-likeness (QED) is 0.776. The Morgan fingerprint density at radius 3 is 1.35 bits per heavy atom. The molecule has 0 saturated heterocycles. The Balaban J connectivity index is 1.67. The SMILES string of the molecule is O=C(/C=C\C(=O)NC1CCCCC1)NC1CCCCC1. The first-order valence-corrected chi connectivity index (χ1v) is 8.03. The molecule has 0 aromatic carbocycles. The Hall–Kier alpha value is -1.32. The second-order valence-corrected chi connectivity index (χ2v) is 6.02. The molecule has 112 valence electrons. The number of hydrogen-bond donors (Lipinski definition) is 2. The van der Waals surface area contributed by atoms with Crippen LogP contribution in [-0.4, -0.2) is 23.9 Å². The van der Waals surface area contributed by atoms with Crippen LogP contribution >= 0.6 is 0 Å². The van der Waals surface area contributed by atoms with E-state index < -0.39 is 0 Å². The Morgan fingerprint density at radius 1 is 0.650 bits per heavy atom. The van der Waals surface area contributed by atoms with Crippen molar-refractivity contribution in [2.75, 3.05) is 0 Å². The maximum atomic E-state index is 11.7. The summed E-state index contributed by atoms with van der Waals surface area (Å²) >= 11 is 0. The first kappa shape index (κ1) is 15.1. The second kappa shape index (κ2) is 8.08. The van der Waals surface area contributed by atoms with Crippen LogP contribution in [-0.2, 0) is 9.59 Å². The van der Waals surface area contributed by atoms with Gasteiger partial charge >= 0.3 is 0 Å². The molecular weight excluding hydrogens is 252 g/mol. The summed E-state index contributed by atoms with van der Waals surface area (Å²) in [5.74, 6) is -0.286. The fourth-order valence-electron chi connectivity index (χ4n) is 3.14. The van der Waals surface area contributed by atoms with Crippen LogP contribution in [0.1, 0.15) is 64.2 Å². The maximum absolute atomic E-state index is 11.7. The van der Waals surface area contributed by atoms with Crippen molar-refractivity contribution < 1.29 is 9.59 Å². The molecule has 4 nitrogen and oxygen atoms in total. The molecule has 2 saturated carbocycles. The van der Waals surface area contributed by atoms with Gasteiger partial charge in [0, 0.05) is 24.2 Å². The maximum Gasteiger partial charge on any atom is 0.244 e. The number of rotatable bonds is 4. The standard InChI is InChI=1S/C16H26N2O2/c19-15(17-13-7-3-1-4-8-13)11-12-16(20)18-14-9-5-2-6-10-14/h11-14H,1-10H2,(H,17,19)(H,18,20)/b12-11-. The highest BCUT2D eigenvalue weighted by Crippen LogP contribution is 2.18. The van der Waals surface area contributed by atoms with Crippen LogP contribution in [0.25, 0.3) is 0 Å². The van der Waals surface area contributed by atoms with E-state index in [0.29, 0.717) is 12.1 Å². The van der Waals surface area contributed by atoms with Gasteiger partial charge in [-0.2, -0.15) is 0 Å². The van der Waals surface area contributed by atoms with Crippen molar-refractivity contribution in [3.8, 4) is 0 Å². The van der Waals surface area contributed by atoms with E-state index in [1.54, 1.807) is 0 Å². The van der Waals surface area contributed by atoms with E-state index in [-0.39, 0.29) is 11.8 Å². The summed E-state index contributed by atoms with van der Waals surface area (Å²) in [4.78, 5) is 23.5. The summed E-state index contributed by atoms with van der Waals surface area (Å²) in [5.41, 5.74) is 0. The number of nitrogens with one attached hydrogen (secondary N) is 2. The predicted molar refractivity (Wildman–Crippen MR) is 79.2 cm³/mol. The molecule has 2 amide bonds. The normalized spacial score (nSPS) is 21.8. The molecule has 0 atom stereocenters. The molecule has 0 aromatic heterocycles. The Labute approximate surface area is 121 Å². The van der Waals surface area contributed by atoms with Crippen molar-refractivity contribution in [1.29, 1.82) is 0 Å². The number of amides is 2. The highest BCUT2D eigenvalue weighted by Gasteiger charge is 2.16. The molecule has 0 spiro atoms. The first-order valence-electron chi connectivity index (χ1n) is 8.03. The molecule has 4 heteroatoms. The van der Waals surface area contributed by atoms with E-state index in [4.69, 9.17) is 0 Å². The van der Waals surface area contributed by atoms with Crippen LogP contribution < -0.4 is 10.6 Å². The minimum atomic E-state index is -0.143. The molecule has 0 bridgehead atoms. The van der Waals surface area contributed by atoms with E-state index in [2.05, 4.69) is 10.6 Å². The summed E-state index contributed by atoms with van der Waals surface area (Å²) in [6.45, 7) is 0. The van der Waals surface area contributed by atoms with E-state index in [0.717, 1.165) is 25.7 Å². The fraction of sp³-hybridized carbons (Fsp3) is 0.750. The highest BCUT2D eigenvalue weighted by molar-refractivity contribution is 5.96. The van der Waals surface area contributed by atoms with E-state index in [9.17, 15) is 9.59 Å². The van der Waals surface area contributed by atoms with Gasteiger partial charge in [0.05, 0.1) is 0 Å². The van der Waals surface area contributed by atoms with Gasteiger partial charge in [-0.05, 0) is 25.7 Å². The van der Waals surface area contributed by atoms with Gasteiger partial charge < -0.3 is 10.6 Å². The largest absolute Gasteiger partial charge is 0.350 e. The van der Waals surface area contributed by atoms with Crippen LogP contribution in [0.2, 0.25) is 0 Å². The topological polar surface area (TPSA) is 58.2 Å². The number of carbonyl (C=O) groups excluding carboxylic acids is 2. The molecular formula is C16H26N2O2. The number of carbonyl (C=O) groups is 2. The van der Waals surface area contributed by atoms with E-state index >= 15 is 0 Å². The Kier molecular flexibility index (Phi) is 6.09. The van der Waals surface area contributed by atoms with Crippen LogP contribution in [0, 0.1) is 0 Å². The van der Waals surface area contributed by atoms with Gasteiger partial charge in [0.15, 0.2) is 0 Å². The zero-order valence-corrected chi connectivity index (χ0v) is 12.2. The minimum absolute atomic E-state index is 0.143. The van der Waals surface area contributed by atoms with Crippen LogP contribution in [0.4, 0.5) is 0 Å². The zero-order chi connectivity index (χ0) is 14.2. The lowest BCUT2D eigenvalue weighted by molar-refractivity contribution is -0.119. The van der Waals surface area contributed by atoms with Crippen molar-refractivity contribution in [1.82, 2.24) is 10.6 Å². The van der Waals surface area contributed by atoms with Crippen LogP contribution in [0.5, 0.6) is 0 Å². The summed E-state index contributed by atoms with van der Waals surface area (Å²) in [7, 11) is 0. The molecule has 2 N–H and O–H groups in total. The van der Waals surface area contributed by atoms with Crippen molar-refractivity contribution in [2.45, 2.75) is 76.3 Å². The van der Waals surface area contributed by atoms with E-state index in [1.165, 1.54) is 50.7 Å². The molecule has 0 unspecified atom stereocenters. The smallest absolute Gasteiger partial charge is 0.244 e. The van der Waals surface area contributed by atoms with Crippen molar-refractivity contribution in [3.63, 3.8) is 0 Å². The molecule has 2 aliphatic rings.